The number of aryl methyl sites for hydroxylation is 2. The predicted octanol–water partition coefficient (Wildman–Crippen LogP) is 4.70. The Labute approximate surface area is 122 Å². The first-order valence-corrected chi connectivity index (χ1v) is 6.70. The smallest absolute Gasteiger partial charge is 0.339 e. The quantitative estimate of drug-likeness (QED) is 0.887. The van der Waals surface area contributed by atoms with E-state index in [0.717, 1.165) is 17.5 Å². The van der Waals surface area contributed by atoms with Gasteiger partial charge in [0.2, 0.25) is 0 Å². The second kappa shape index (κ2) is 5.97. The number of benzene rings is 2. The predicted molar refractivity (Wildman–Crippen MR) is 79.0 cm³/mol. The zero-order valence-electron chi connectivity index (χ0n) is 11.3. The summed E-state index contributed by atoms with van der Waals surface area (Å²) in [7, 11) is 0. The average Bonchev–Trinajstić information content (AvgIpc) is 2.42. The van der Waals surface area contributed by atoms with Gasteiger partial charge < -0.3 is 9.84 Å². The number of halogens is 1. The molecule has 0 atom stereocenters. The fourth-order valence-electron chi connectivity index (χ4n) is 1.96. The summed E-state index contributed by atoms with van der Waals surface area (Å²) in [4.78, 5) is 11.2. The number of carboxylic acids is 1. The van der Waals surface area contributed by atoms with Crippen LogP contribution in [0.5, 0.6) is 11.5 Å². The lowest BCUT2D eigenvalue weighted by molar-refractivity contribution is 0.0694. The molecule has 0 spiro atoms. The van der Waals surface area contributed by atoms with E-state index in [1.165, 1.54) is 6.07 Å². The van der Waals surface area contributed by atoms with Gasteiger partial charge in [0.15, 0.2) is 0 Å². The number of hydrogen-bond donors (Lipinski definition) is 1. The van der Waals surface area contributed by atoms with E-state index >= 15 is 0 Å². The molecule has 4 heteroatoms. The van der Waals surface area contributed by atoms with Crippen molar-refractivity contribution >= 4 is 17.6 Å². The third kappa shape index (κ3) is 2.94. The SMILES string of the molecule is CCc1cc(Oc2c(C)cccc2C(=O)O)ccc1Cl. The molecule has 0 aromatic heterocycles. The van der Waals surface area contributed by atoms with Crippen molar-refractivity contribution in [2.24, 2.45) is 0 Å². The molecule has 0 radical (unpaired) electrons. The molecule has 2 aromatic carbocycles. The van der Waals surface area contributed by atoms with Gasteiger partial charge in [0, 0.05) is 5.02 Å². The van der Waals surface area contributed by atoms with Gasteiger partial charge in [0.25, 0.3) is 0 Å². The largest absolute Gasteiger partial charge is 0.478 e. The summed E-state index contributed by atoms with van der Waals surface area (Å²) < 4.78 is 5.76. The van der Waals surface area contributed by atoms with Crippen molar-refractivity contribution < 1.29 is 14.6 Å². The Morgan fingerprint density at radius 3 is 2.70 bits per heavy atom. The second-order valence-electron chi connectivity index (χ2n) is 4.47. The summed E-state index contributed by atoms with van der Waals surface area (Å²) in [5.41, 5.74) is 1.89. The second-order valence-corrected chi connectivity index (χ2v) is 4.87. The average molecular weight is 291 g/mol. The van der Waals surface area contributed by atoms with Crippen LogP contribution < -0.4 is 4.74 Å². The van der Waals surface area contributed by atoms with Crippen molar-refractivity contribution in [2.45, 2.75) is 20.3 Å². The van der Waals surface area contributed by atoms with Crippen LogP contribution in [-0.2, 0) is 6.42 Å². The van der Waals surface area contributed by atoms with Gasteiger partial charge in [-0.25, -0.2) is 4.79 Å². The zero-order valence-corrected chi connectivity index (χ0v) is 12.1. The van der Waals surface area contributed by atoms with Gasteiger partial charge in [-0.05, 0) is 48.7 Å². The number of rotatable bonds is 4. The van der Waals surface area contributed by atoms with Gasteiger partial charge in [-0.1, -0.05) is 30.7 Å². The molecule has 2 rings (SSSR count). The van der Waals surface area contributed by atoms with E-state index in [9.17, 15) is 9.90 Å². The summed E-state index contributed by atoms with van der Waals surface area (Å²) in [5.74, 6) is -0.0548. The minimum atomic E-state index is -1.01. The fraction of sp³-hybridized carbons (Fsp3) is 0.188. The Morgan fingerprint density at radius 2 is 2.05 bits per heavy atom. The van der Waals surface area contributed by atoms with Crippen molar-refractivity contribution in [3.63, 3.8) is 0 Å². The molecular formula is C16H15ClO3. The van der Waals surface area contributed by atoms with E-state index in [1.54, 1.807) is 18.2 Å². The molecule has 0 heterocycles. The molecular weight excluding hydrogens is 276 g/mol. The molecule has 0 saturated carbocycles. The highest BCUT2D eigenvalue weighted by Gasteiger charge is 2.14. The monoisotopic (exact) mass is 290 g/mol. The Bertz CT molecular complexity index is 650. The van der Waals surface area contributed by atoms with Crippen molar-refractivity contribution in [1.29, 1.82) is 0 Å². The van der Waals surface area contributed by atoms with Gasteiger partial charge in [0.1, 0.15) is 17.1 Å². The first kappa shape index (κ1) is 14.4. The Kier molecular flexibility index (Phi) is 4.30. The fourth-order valence-corrected chi connectivity index (χ4v) is 2.21. The summed E-state index contributed by atoms with van der Waals surface area (Å²) in [6.07, 6.45) is 0.787. The number of carbonyl (C=O) groups is 1. The molecule has 0 aliphatic rings. The van der Waals surface area contributed by atoms with Crippen LogP contribution in [0.1, 0.15) is 28.4 Å². The van der Waals surface area contributed by atoms with Crippen LogP contribution in [-0.4, -0.2) is 11.1 Å². The third-order valence-corrected chi connectivity index (χ3v) is 3.43. The van der Waals surface area contributed by atoms with Crippen molar-refractivity contribution in [3.8, 4) is 11.5 Å². The lowest BCUT2D eigenvalue weighted by Gasteiger charge is -2.12. The number of carboxylic acid groups (broad SMARTS) is 1. The maximum absolute atomic E-state index is 11.2. The van der Waals surface area contributed by atoms with Crippen LogP contribution >= 0.6 is 11.6 Å². The molecule has 0 unspecified atom stereocenters. The van der Waals surface area contributed by atoms with E-state index in [4.69, 9.17) is 16.3 Å². The molecule has 0 fully saturated rings. The molecule has 3 nitrogen and oxygen atoms in total. The topological polar surface area (TPSA) is 46.5 Å². The van der Waals surface area contributed by atoms with E-state index in [0.29, 0.717) is 16.5 Å². The highest BCUT2D eigenvalue weighted by atomic mass is 35.5. The normalized spacial score (nSPS) is 10.3. The first-order valence-electron chi connectivity index (χ1n) is 6.32. The van der Waals surface area contributed by atoms with Crippen LogP contribution in [0.15, 0.2) is 36.4 Å². The number of aromatic carboxylic acids is 1. The summed E-state index contributed by atoms with van der Waals surface area (Å²) in [6.45, 7) is 3.82. The highest BCUT2D eigenvalue weighted by Crippen LogP contribution is 2.31. The summed E-state index contributed by atoms with van der Waals surface area (Å²) in [6, 6.07) is 10.4. The highest BCUT2D eigenvalue weighted by molar-refractivity contribution is 6.31. The Hall–Kier alpha value is -2.00. The summed E-state index contributed by atoms with van der Waals surface area (Å²) >= 11 is 6.06. The van der Waals surface area contributed by atoms with Crippen LogP contribution in [0, 0.1) is 6.92 Å². The third-order valence-electron chi connectivity index (χ3n) is 3.06. The lowest BCUT2D eigenvalue weighted by Crippen LogP contribution is -2.01. The van der Waals surface area contributed by atoms with Crippen LogP contribution in [0.4, 0.5) is 0 Å². The summed E-state index contributed by atoms with van der Waals surface area (Å²) in [5, 5.41) is 9.90. The first-order chi connectivity index (χ1) is 9.52. The Morgan fingerprint density at radius 1 is 1.30 bits per heavy atom. The standard InChI is InChI=1S/C16H15ClO3/c1-3-11-9-12(7-8-14(11)17)20-15-10(2)5-4-6-13(15)16(18)19/h4-9H,3H2,1-2H3,(H,18,19). The molecule has 20 heavy (non-hydrogen) atoms. The van der Waals surface area contributed by atoms with E-state index in [-0.39, 0.29) is 5.56 Å². The van der Waals surface area contributed by atoms with E-state index in [2.05, 4.69) is 0 Å². The molecule has 0 amide bonds. The maximum atomic E-state index is 11.2. The van der Waals surface area contributed by atoms with Gasteiger partial charge >= 0.3 is 5.97 Å². The molecule has 0 aliphatic heterocycles. The van der Waals surface area contributed by atoms with Crippen molar-refractivity contribution in [1.82, 2.24) is 0 Å². The molecule has 1 N–H and O–H groups in total. The molecule has 0 bridgehead atoms. The van der Waals surface area contributed by atoms with Crippen LogP contribution in [0.25, 0.3) is 0 Å². The van der Waals surface area contributed by atoms with E-state index < -0.39 is 5.97 Å². The minimum Gasteiger partial charge on any atom is -0.478 e. The number of ether oxygens (including phenoxy) is 1. The van der Waals surface area contributed by atoms with E-state index in [1.807, 2.05) is 26.0 Å². The molecule has 0 aliphatic carbocycles. The van der Waals surface area contributed by atoms with Crippen molar-refractivity contribution in [2.75, 3.05) is 0 Å². The Balaban J connectivity index is 2.42. The molecule has 2 aromatic rings. The zero-order chi connectivity index (χ0) is 14.7. The van der Waals surface area contributed by atoms with Crippen LogP contribution in [0.2, 0.25) is 5.02 Å². The van der Waals surface area contributed by atoms with Gasteiger partial charge in [-0.15, -0.1) is 0 Å². The maximum Gasteiger partial charge on any atom is 0.339 e. The van der Waals surface area contributed by atoms with Gasteiger partial charge in [-0.2, -0.15) is 0 Å². The minimum absolute atomic E-state index is 0.151. The number of para-hydroxylation sites is 1. The molecule has 104 valence electrons. The van der Waals surface area contributed by atoms with Gasteiger partial charge in [0.05, 0.1) is 0 Å². The lowest BCUT2D eigenvalue weighted by atomic mass is 10.1. The van der Waals surface area contributed by atoms with Crippen molar-refractivity contribution in [3.05, 3.63) is 58.1 Å². The number of hydrogen-bond acceptors (Lipinski definition) is 2. The van der Waals surface area contributed by atoms with Gasteiger partial charge in [-0.3, -0.25) is 0 Å². The molecule has 0 saturated heterocycles. The van der Waals surface area contributed by atoms with Crippen LogP contribution in [0.3, 0.4) is 0 Å².